The lowest BCUT2D eigenvalue weighted by Crippen LogP contribution is -2.21. The first-order valence-electron chi connectivity index (χ1n) is 6.51. The third kappa shape index (κ3) is 3.54. The van der Waals surface area contributed by atoms with Gasteiger partial charge in [-0.05, 0) is 54.9 Å². The third-order valence-electron chi connectivity index (χ3n) is 2.97. The Morgan fingerprint density at radius 2 is 2.10 bits per heavy atom. The summed E-state index contributed by atoms with van der Waals surface area (Å²) in [7, 11) is 1.66. The van der Waals surface area contributed by atoms with E-state index in [9.17, 15) is 0 Å². The van der Waals surface area contributed by atoms with Gasteiger partial charge in [-0.1, -0.05) is 0 Å². The Morgan fingerprint density at radius 1 is 1.35 bits per heavy atom. The summed E-state index contributed by atoms with van der Waals surface area (Å²) in [6.45, 7) is 7.15. The van der Waals surface area contributed by atoms with Crippen molar-refractivity contribution in [1.82, 2.24) is 9.78 Å². The highest BCUT2D eigenvalue weighted by molar-refractivity contribution is 9.10. The summed E-state index contributed by atoms with van der Waals surface area (Å²) < 4.78 is 8.14. The molecule has 1 N–H and O–H groups in total. The van der Waals surface area contributed by atoms with E-state index in [-0.39, 0.29) is 5.54 Å². The molecule has 0 amide bonds. The maximum absolute atomic E-state index is 5.22. The number of nitrogens with zero attached hydrogens (tertiary/aromatic N) is 2. The summed E-state index contributed by atoms with van der Waals surface area (Å²) in [4.78, 5) is 0. The van der Waals surface area contributed by atoms with Crippen LogP contribution >= 0.6 is 15.9 Å². The van der Waals surface area contributed by atoms with Crippen LogP contribution < -0.4 is 10.1 Å². The van der Waals surface area contributed by atoms with Crippen molar-refractivity contribution in [2.24, 2.45) is 0 Å². The van der Waals surface area contributed by atoms with Crippen molar-refractivity contribution in [2.75, 3.05) is 12.4 Å². The van der Waals surface area contributed by atoms with Crippen molar-refractivity contribution in [1.29, 1.82) is 0 Å². The van der Waals surface area contributed by atoms with Crippen LogP contribution in [0.1, 0.15) is 26.3 Å². The molecule has 0 saturated heterocycles. The number of aromatic nitrogens is 2. The van der Waals surface area contributed by atoms with E-state index in [1.54, 1.807) is 7.11 Å². The van der Waals surface area contributed by atoms with Gasteiger partial charge < -0.3 is 10.1 Å². The predicted octanol–water partition coefficient (Wildman–Crippen LogP) is 4.02. The molecule has 1 aromatic carbocycles. The molecule has 1 heterocycles. The molecule has 5 heteroatoms. The van der Waals surface area contributed by atoms with Gasteiger partial charge in [-0.25, -0.2) is 0 Å². The summed E-state index contributed by atoms with van der Waals surface area (Å²) >= 11 is 3.48. The van der Waals surface area contributed by atoms with Gasteiger partial charge in [0.25, 0.3) is 0 Å². The number of benzene rings is 1. The lowest BCUT2D eigenvalue weighted by molar-refractivity contribution is 0.355. The van der Waals surface area contributed by atoms with Crippen LogP contribution in [0.15, 0.2) is 35.1 Å². The second-order valence-electron chi connectivity index (χ2n) is 5.67. The van der Waals surface area contributed by atoms with Crippen LogP contribution in [0.2, 0.25) is 0 Å². The fraction of sp³-hybridized carbons (Fsp3) is 0.400. The minimum atomic E-state index is 0.0153. The number of hydrogen-bond acceptors (Lipinski definition) is 3. The average Bonchev–Trinajstić information content (AvgIpc) is 2.85. The molecule has 20 heavy (non-hydrogen) atoms. The summed E-state index contributed by atoms with van der Waals surface area (Å²) in [6.07, 6.45) is 3.97. The van der Waals surface area contributed by atoms with Gasteiger partial charge in [0.15, 0.2) is 0 Å². The third-order valence-corrected chi connectivity index (χ3v) is 3.59. The minimum absolute atomic E-state index is 0.0153. The number of anilines is 1. The van der Waals surface area contributed by atoms with Gasteiger partial charge in [0.2, 0.25) is 0 Å². The molecule has 0 atom stereocenters. The zero-order valence-electron chi connectivity index (χ0n) is 12.3. The van der Waals surface area contributed by atoms with Crippen LogP contribution in [0, 0.1) is 0 Å². The lowest BCUT2D eigenvalue weighted by Gasteiger charge is -2.18. The molecular formula is C15H20BrN3O. The molecule has 1 aromatic heterocycles. The highest BCUT2D eigenvalue weighted by atomic mass is 79.9. The maximum atomic E-state index is 5.22. The Bertz CT molecular complexity index is 587. The number of rotatable bonds is 4. The normalized spacial score (nSPS) is 11.4. The molecule has 0 saturated carbocycles. The monoisotopic (exact) mass is 337 g/mol. The maximum Gasteiger partial charge on any atom is 0.133 e. The second kappa shape index (κ2) is 5.87. The van der Waals surface area contributed by atoms with Crippen molar-refractivity contribution < 1.29 is 4.74 Å². The smallest absolute Gasteiger partial charge is 0.133 e. The number of nitrogens with one attached hydrogen (secondary N) is 1. The van der Waals surface area contributed by atoms with E-state index in [0.29, 0.717) is 0 Å². The fourth-order valence-corrected chi connectivity index (χ4v) is 2.34. The van der Waals surface area contributed by atoms with E-state index in [0.717, 1.165) is 28.0 Å². The SMILES string of the molecule is COc1ccc(NCc2cnn(C(C)(C)C)c2)cc1Br. The first-order chi connectivity index (χ1) is 9.40. The molecular weight excluding hydrogens is 318 g/mol. The molecule has 108 valence electrons. The Balaban J connectivity index is 2.02. The zero-order valence-corrected chi connectivity index (χ0v) is 13.9. The highest BCUT2D eigenvalue weighted by Gasteiger charge is 2.13. The van der Waals surface area contributed by atoms with Gasteiger partial charge in [0.1, 0.15) is 5.75 Å². The number of methoxy groups -OCH3 is 1. The van der Waals surface area contributed by atoms with Gasteiger partial charge >= 0.3 is 0 Å². The van der Waals surface area contributed by atoms with E-state index in [1.165, 1.54) is 0 Å². The van der Waals surface area contributed by atoms with Crippen molar-refractivity contribution in [3.8, 4) is 5.75 Å². The van der Waals surface area contributed by atoms with Crippen LogP contribution in [-0.2, 0) is 12.1 Å². The molecule has 0 aliphatic heterocycles. The number of hydrogen-bond donors (Lipinski definition) is 1. The molecule has 0 aliphatic carbocycles. The van der Waals surface area contributed by atoms with Crippen LogP contribution in [0.5, 0.6) is 5.75 Å². The van der Waals surface area contributed by atoms with Crippen molar-refractivity contribution in [2.45, 2.75) is 32.9 Å². The van der Waals surface area contributed by atoms with Crippen molar-refractivity contribution >= 4 is 21.6 Å². The Labute approximate surface area is 128 Å². The first-order valence-corrected chi connectivity index (χ1v) is 7.31. The van der Waals surface area contributed by atoms with Gasteiger partial charge in [0.05, 0.1) is 23.3 Å². The van der Waals surface area contributed by atoms with Gasteiger partial charge in [-0.3, -0.25) is 4.68 Å². The number of ether oxygens (including phenoxy) is 1. The van der Waals surface area contributed by atoms with E-state index < -0.39 is 0 Å². The molecule has 4 nitrogen and oxygen atoms in total. The van der Waals surface area contributed by atoms with Crippen LogP contribution in [0.25, 0.3) is 0 Å². The molecule has 0 radical (unpaired) electrons. The molecule has 2 rings (SSSR count). The van der Waals surface area contributed by atoms with E-state index in [1.807, 2.05) is 29.1 Å². The van der Waals surface area contributed by atoms with E-state index >= 15 is 0 Å². The summed E-state index contributed by atoms with van der Waals surface area (Å²) in [5, 5.41) is 7.77. The summed E-state index contributed by atoms with van der Waals surface area (Å²) in [5.74, 6) is 0.830. The first kappa shape index (κ1) is 14.9. The molecule has 0 fully saturated rings. The lowest BCUT2D eigenvalue weighted by atomic mass is 10.1. The standard InChI is InChI=1S/C15H20BrN3O/c1-15(2,3)19-10-11(9-18-19)8-17-12-5-6-14(20-4)13(16)7-12/h5-7,9-10,17H,8H2,1-4H3. The zero-order chi connectivity index (χ0) is 14.8. The second-order valence-corrected chi connectivity index (χ2v) is 6.52. The Hall–Kier alpha value is -1.49. The minimum Gasteiger partial charge on any atom is -0.496 e. The summed E-state index contributed by atoms with van der Waals surface area (Å²) in [6, 6.07) is 5.94. The van der Waals surface area contributed by atoms with Crippen LogP contribution in [0.4, 0.5) is 5.69 Å². The van der Waals surface area contributed by atoms with Gasteiger partial charge in [-0.15, -0.1) is 0 Å². The van der Waals surface area contributed by atoms with E-state index in [4.69, 9.17) is 4.74 Å². The quantitative estimate of drug-likeness (QED) is 0.915. The van der Waals surface area contributed by atoms with Crippen molar-refractivity contribution in [3.63, 3.8) is 0 Å². The van der Waals surface area contributed by atoms with Gasteiger partial charge in [0, 0.05) is 24.0 Å². The molecule has 0 unspecified atom stereocenters. The largest absolute Gasteiger partial charge is 0.496 e. The van der Waals surface area contributed by atoms with Crippen LogP contribution in [-0.4, -0.2) is 16.9 Å². The molecule has 0 spiro atoms. The highest BCUT2D eigenvalue weighted by Crippen LogP contribution is 2.27. The molecule has 0 bridgehead atoms. The topological polar surface area (TPSA) is 39.1 Å². The van der Waals surface area contributed by atoms with Gasteiger partial charge in [-0.2, -0.15) is 5.10 Å². The van der Waals surface area contributed by atoms with E-state index in [2.05, 4.69) is 53.3 Å². The molecule has 2 aromatic rings. The Morgan fingerprint density at radius 3 is 2.65 bits per heavy atom. The average molecular weight is 338 g/mol. The van der Waals surface area contributed by atoms with Crippen molar-refractivity contribution in [3.05, 3.63) is 40.6 Å². The molecule has 0 aliphatic rings. The fourth-order valence-electron chi connectivity index (χ4n) is 1.80. The predicted molar refractivity (Wildman–Crippen MR) is 85.2 cm³/mol. The number of halogens is 1. The summed E-state index contributed by atoms with van der Waals surface area (Å²) in [5.41, 5.74) is 2.22. The van der Waals surface area contributed by atoms with Crippen LogP contribution in [0.3, 0.4) is 0 Å². The Kier molecular flexibility index (Phi) is 4.38.